The van der Waals surface area contributed by atoms with Crippen LogP contribution in [-0.2, 0) is 0 Å². The number of piperidine rings is 1. The van der Waals surface area contributed by atoms with Crippen LogP contribution in [0.5, 0.6) is 0 Å². The molecule has 2 aliphatic heterocycles. The average Bonchev–Trinajstić information content (AvgIpc) is 2.12. The molecule has 3 heteroatoms. The lowest BCUT2D eigenvalue weighted by molar-refractivity contribution is -0.0821. The molecule has 2 fully saturated rings. The molecular formula is C12H25N3. The first-order valence-electron chi connectivity index (χ1n) is 6.13. The van der Waals surface area contributed by atoms with Gasteiger partial charge in [-0.05, 0) is 53.8 Å². The second-order valence-electron chi connectivity index (χ2n) is 6.24. The van der Waals surface area contributed by atoms with Crippen LogP contribution < -0.4 is 5.43 Å². The molecule has 2 aliphatic rings. The second kappa shape index (κ2) is 3.72. The summed E-state index contributed by atoms with van der Waals surface area (Å²) in [6.45, 7) is 12.0. The molecular weight excluding hydrogens is 186 g/mol. The Morgan fingerprint density at radius 2 is 1.60 bits per heavy atom. The van der Waals surface area contributed by atoms with Crippen LogP contribution in [0.2, 0.25) is 0 Å². The summed E-state index contributed by atoms with van der Waals surface area (Å²) >= 11 is 0. The molecule has 0 atom stereocenters. The number of hydrogen-bond acceptors (Lipinski definition) is 3. The molecule has 0 aromatic heterocycles. The van der Waals surface area contributed by atoms with Gasteiger partial charge in [-0.3, -0.25) is 10.3 Å². The zero-order chi connectivity index (χ0) is 11.1. The highest BCUT2D eigenvalue weighted by Gasteiger charge is 2.45. The molecule has 0 bridgehead atoms. The standard InChI is InChI=1S/C12H25N3/c1-11(2,3)14-7-5-12(6-8-14)9-15(10-12)13-4/h13H,5-10H2,1-4H3. The van der Waals surface area contributed by atoms with E-state index in [2.05, 4.69) is 36.1 Å². The molecule has 15 heavy (non-hydrogen) atoms. The maximum Gasteiger partial charge on any atom is 0.0201 e. The Bertz CT molecular complexity index is 216. The zero-order valence-electron chi connectivity index (χ0n) is 10.6. The minimum Gasteiger partial charge on any atom is -0.298 e. The maximum atomic E-state index is 3.23. The Morgan fingerprint density at radius 3 is 2.00 bits per heavy atom. The lowest BCUT2D eigenvalue weighted by atomic mass is 9.72. The second-order valence-corrected chi connectivity index (χ2v) is 6.24. The number of likely N-dealkylation sites (tertiary alicyclic amines) is 1. The average molecular weight is 211 g/mol. The summed E-state index contributed by atoms with van der Waals surface area (Å²) in [5, 5.41) is 2.33. The van der Waals surface area contributed by atoms with Gasteiger partial charge in [-0.25, -0.2) is 5.01 Å². The van der Waals surface area contributed by atoms with Crippen LogP contribution in [0.4, 0.5) is 0 Å². The topological polar surface area (TPSA) is 18.5 Å². The Balaban J connectivity index is 1.83. The monoisotopic (exact) mass is 211 g/mol. The van der Waals surface area contributed by atoms with E-state index in [0.717, 1.165) is 0 Å². The van der Waals surface area contributed by atoms with E-state index in [-0.39, 0.29) is 0 Å². The molecule has 0 amide bonds. The van der Waals surface area contributed by atoms with Crippen molar-refractivity contribution in [1.82, 2.24) is 15.3 Å². The Morgan fingerprint density at radius 1 is 1.07 bits per heavy atom. The lowest BCUT2D eigenvalue weighted by Gasteiger charge is -2.55. The normalized spacial score (nSPS) is 28.0. The van der Waals surface area contributed by atoms with Gasteiger partial charge in [0.05, 0.1) is 0 Å². The van der Waals surface area contributed by atoms with Crippen molar-refractivity contribution in [3.63, 3.8) is 0 Å². The zero-order valence-corrected chi connectivity index (χ0v) is 10.6. The van der Waals surface area contributed by atoms with Crippen LogP contribution in [0.25, 0.3) is 0 Å². The highest BCUT2D eigenvalue weighted by Crippen LogP contribution is 2.40. The Hall–Kier alpha value is -0.120. The van der Waals surface area contributed by atoms with Gasteiger partial charge >= 0.3 is 0 Å². The maximum absolute atomic E-state index is 3.23. The van der Waals surface area contributed by atoms with Gasteiger partial charge in [-0.15, -0.1) is 0 Å². The summed E-state index contributed by atoms with van der Waals surface area (Å²) in [5.41, 5.74) is 4.23. The number of hydrazine groups is 1. The predicted octanol–water partition coefficient (Wildman–Crippen LogP) is 1.32. The number of nitrogens with zero attached hydrogens (tertiary/aromatic N) is 2. The van der Waals surface area contributed by atoms with Crippen LogP contribution in [0.15, 0.2) is 0 Å². The summed E-state index contributed by atoms with van der Waals surface area (Å²) in [5.74, 6) is 0. The fraction of sp³-hybridized carbons (Fsp3) is 1.00. The van der Waals surface area contributed by atoms with E-state index in [1.54, 1.807) is 0 Å². The van der Waals surface area contributed by atoms with Gasteiger partial charge in [-0.1, -0.05) is 0 Å². The van der Waals surface area contributed by atoms with Crippen LogP contribution in [0, 0.1) is 5.41 Å². The molecule has 0 unspecified atom stereocenters. The molecule has 0 aromatic carbocycles. The summed E-state index contributed by atoms with van der Waals surface area (Å²) < 4.78 is 0. The van der Waals surface area contributed by atoms with Crippen molar-refractivity contribution in [1.29, 1.82) is 0 Å². The number of nitrogens with one attached hydrogen (secondary N) is 1. The van der Waals surface area contributed by atoms with E-state index in [1.165, 1.54) is 39.0 Å². The minimum absolute atomic E-state index is 0.355. The smallest absolute Gasteiger partial charge is 0.0201 e. The van der Waals surface area contributed by atoms with Gasteiger partial charge in [0.25, 0.3) is 0 Å². The van der Waals surface area contributed by atoms with Crippen LogP contribution in [-0.4, -0.2) is 48.7 Å². The highest BCUT2D eigenvalue weighted by molar-refractivity contribution is 4.98. The first kappa shape index (κ1) is 11.4. The fourth-order valence-corrected chi connectivity index (χ4v) is 2.89. The largest absolute Gasteiger partial charge is 0.298 e. The summed E-state index contributed by atoms with van der Waals surface area (Å²) in [6.07, 6.45) is 2.75. The van der Waals surface area contributed by atoms with Crippen molar-refractivity contribution in [3.8, 4) is 0 Å². The summed E-state index contributed by atoms with van der Waals surface area (Å²) in [4.78, 5) is 2.63. The van der Waals surface area contributed by atoms with E-state index in [1.807, 2.05) is 7.05 Å². The molecule has 0 aromatic rings. The van der Waals surface area contributed by atoms with Crippen molar-refractivity contribution >= 4 is 0 Å². The first-order chi connectivity index (χ1) is 6.95. The molecule has 1 spiro atoms. The van der Waals surface area contributed by atoms with Gasteiger partial charge in [0.2, 0.25) is 0 Å². The molecule has 0 radical (unpaired) electrons. The molecule has 0 aliphatic carbocycles. The van der Waals surface area contributed by atoms with Gasteiger partial charge in [0.15, 0.2) is 0 Å². The molecule has 2 rings (SSSR count). The third-order valence-electron chi connectivity index (χ3n) is 4.14. The summed E-state index contributed by atoms with van der Waals surface area (Å²) in [6, 6.07) is 0. The number of rotatable bonds is 1. The van der Waals surface area contributed by atoms with Gasteiger partial charge in [-0.2, -0.15) is 0 Å². The van der Waals surface area contributed by atoms with Gasteiger partial charge in [0, 0.05) is 24.0 Å². The molecule has 0 saturated carbocycles. The van der Waals surface area contributed by atoms with Crippen molar-refractivity contribution in [2.45, 2.75) is 39.2 Å². The lowest BCUT2D eigenvalue weighted by Crippen LogP contribution is -2.64. The van der Waals surface area contributed by atoms with Crippen LogP contribution in [0.3, 0.4) is 0 Å². The Kier molecular flexibility index (Phi) is 2.82. The third kappa shape index (κ3) is 2.19. The van der Waals surface area contributed by atoms with Crippen LogP contribution in [0.1, 0.15) is 33.6 Å². The van der Waals surface area contributed by atoms with Crippen molar-refractivity contribution in [2.24, 2.45) is 5.41 Å². The molecule has 1 N–H and O–H groups in total. The third-order valence-corrected chi connectivity index (χ3v) is 4.14. The van der Waals surface area contributed by atoms with E-state index >= 15 is 0 Å². The Labute approximate surface area is 93.8 Å². The SMILES string of the molecule is CNN1CC2(CCN(C(C)(C)C)CC2)C1. The van der Waals surface area contributed by atoms with Gasteiger partial charge in [0.1, 0.15) is 0 Å². The predicted molar refractivity (Wildman–Crippen MR) is 63.6 cm³/mol. The highest BCUT2D eigenvalue weighted by atomic mass is 15.5. The van der Waals surface area contributed by atoms with E-state index in [0.29, 0.717) is 11.0 Å². The molecule has 2 saturated heterocycles. The van der Waals surface area contributed by atoms with Crippen molar-refractivity contribution in [3.05, 3.63) is 0 Å². The quantitative estimate of drug-likeness (QED) is 0.705. The first-order valence-corrected chi connectivity index (χ1v) is 6.13. The molecule has 88 valence electrons. The van der Waals surface area contributed by atoms with Crippen LogP contribution >= 0.6 is 0 Å². The molecule has 3 nitrogen and oxygen atoms in total. The van der Waals surface area contributed by atoms with Gasteiger partial charge < -0.3 is 0 Å². The fourth-order valence-electron chi connectivity index (χ4n) is 2.89. The van der Waals surface area contributed by atoms with E-state index < -0.39 is 0 Å². The molecule has 2 heterocycles. The van der Waals surface area contributed by atoms with Crippen molar-refractivity contribution < 1.29 is 0 Å². The van der Waals surface area contributed by atoms with Crippen molar-refractivity contribution in [2.75, 3.05) is 33.2 Å². The van der Waals surface area contributed by atoms with E-state index in [9.17, 15) is 0 Å². The van der Waals surface area contributed by atoms with E-state index in [4.69, 9.17) is 0 Å². The number of hydrogen-bond donors (Lipinski definition) is 1. The summed E-state index contributed by atoms with van der Waals surface area (Å²) in [7, 11) is 2.02. The minimum atomic E-state index is 0.355.